The summed E-state index contributed by atoms with van der Waals surface area (Å²) in [5.41, 5.74) is 0.364. The Kier molecular flexibility index (Phi) is 6.84. The molecule has 0 unspecified atom stereocenters. The summed E-state index contributed by atoms with van der Waals surface area (Å²) >= 11 is 0. The van der Waals surface area contributed by atoms with Crippen molar-refractivity contribution >= 4 is 37.3 Å². The molecular weight excluding hydrogens is 446 g/mol. The molecule has 0 saturated carbocycles. The minimum Gasteiger partial charge on any atom is -0.497 e. The van der Waals surface area contributed by atoms with Crippen LogP contribution >= 0.6 is 0 Å². The average molecular weight is 470 g/mol. The average Bonchev–Trinajstić information content (AvgIpc) is 2.75. The van der Waals surface area contributed by atoms with Gasteiger partial charge in [-0.3, -0.25) is 9.52 Å². The van der Waals surface area contributed by atoms with Gasteiger partial charge >= 0.3 is 0 Å². The van der Waals surface area contributed by atoms with Gasteiger partial charge in [0.15, 0.2) is 0 Å². The van der Waals surface area contributed by atoms with Crippen LogP contribution in [-0.4, -0.2) is 60.5 Å². The summed E-state index contributed by atoms with van der Waals surface area (Å²) in [6.45, 7) is 2.41. The van der Waals surface area contributed by atoms with Gasteiger partial charge in [-0.25, -0.2) is 16.8 Å². The molecule has 1 amide bonds. The second-order valence-electron chi connectivity index (χ2n) is 6.69. The molecule has 31 heavy (non-hydrogen) atoms. The zero-order chi connectivity index (χ0) is 22.6. The Morgan fingerprint density at radius 3 is 2.16 bits per heavy atom. The van der Waals surface area contributed by atoms with E-state index in [2.05, 4.69) is 10.0 Å². The second kappa shape index (κ2) is 9.22. The van der Waals surface area contributed by atoms with Crippen molar-refractivity contribution in [3.8, 4) is 5.75 Å². The first-order valence-electron chi connectivity index (χ1n) is 9.30. The van der Waals surface area contributed by atoms with Gasteiger partial charge in [-0.2, -0.15) is 4.31 Å². The monoisotopic (exact) mass is 469 g/mol. The van der Waals surface area contributed by atoms with Crippen LogP contribution in [0.3, 0.4) is 0 Å². The van der Waals surface area contributed by atoms with E-state index in [0.29, 0.717) is 19.0 Å². The Balaban J connectivity index is 1.87. The fourth-order valence-corrected chi connectivity index (χ4v) is 5.44. The highest BCUT2D eigenvalue weighted by Gasteiger charge is 2.27. The molecule has 1 aliphatic heterocycles. The highest BCUT2D eigenvalue weighted by molar-refractivity contribution is 7.92. The van der Waals surface area contributed by atoms with Crippen LogP contribution < -0.4 is 14.8 Å². The molecule has 168 valence electrons. The summed E-state index contributed by atoms with van der Waals surface area (Å²) < 4.78 is 65.1. The van der Waals surface area contributed by atoms with E-state index in [1.165, 1.54) is 54.7 Å². The fourth-order valence-electron chi connectivity index (χ4n) is 2.96. The molecule has 0 radical (unpaired) electrons. The van der Waals surface area contributed by atoms with Crippen LogP contribution in [0.4, 0.5) is 11.4 Å². The zero-order valence-corrected chi connectivity index (χ0v) is 18.6. The van der Waals surface area contributed by atoms with Crippen molar-refractivity contribution in [3.63, 3.8) is 0 Å². The van der Waals surface area contributed by atoms with Crippen molar-refractivity contribution in [1.82, 2.24) is 4.31 Å². The molecular formula is C19H23N3O7S2. The van der Waals surface area contributed by atoms with Crippen LogP contribution in [0.2, 0.25) is 0 Å². The normalized spacial score (nSPS) is 15.3. The van der Waals surface area contributed by atoms with Crippen molar-refractivity contribution in [2.75, 3.05) is 43.5 Å². The third-order valence-corrected chi connectivity index (χ3v) is 7.82. The van der Waals surface area contributed by atoms with E-state index in [-0.39, 0.29) is 40.2 Å². The van der Waals surface area contributed by atoms with Crippen LogP contribution in [-0.2, 0) is 29.6 Å². The highest BCUT2D eigenvalue weighted by atomic mass is 32.2. The minimum absolute atomic E-state index is 0.00587. The van der Waals surface area contributed by atoms with Gasteiger partial charge in [-0.05, 0) is 36.4 Å². The molecule has 1 heterocycles. The number of morpholine rings is 1. The smallest absolute Gasteiger partial charge is 0.261 e. The summed E-state index contributed by atoms with van der Waals surface area (Å²) in [7, 11) is -6.38. The first kappa shape index (κ1) is 23.0. The molecule has 1 fully saturated rings. The number of carbonyl (C=O) groups is 1. The van der Waals surface area contributed by atoms with Gasteiger partial charge in [0.25, 0.3) is 10.0 Å². The van der Waals surface area contributed by atoms with E-state index >= 15 is 0 Å². The quantitative estimate of drug-likeness (QED) is 0.628. The zero-order valence-electron chi connectivity index (χ0n) is 17.0. The van der Waals surface area contributed by atoms with Crippen molar-refractivity contribution < 1.29 is 31.1 Å². The standard InChI is InChI=1S/C19H23N3O7S2/c1-14(23)20-18-8-3-15(28-2)13-19(18)21-30(24,25)16-4-6-17(7-5-16)31(26,27)22-9-11-29-12-10-22/h3-8,13,21H,9-12H2,1-2H3,(H,20,23). The van der Waals surface area contributed by atoms with E-state index in [1.807, 2.05) is 0 Å². The Morgan fingerprint density at radius 2 is 1.58 bits per heavy atom. The maximum absolute atomic E-state index is 12.9. The van der Waals surface area contributed by atoms with E-state index < -0.39 is 20.0 Å². The first-order chi connectivity index (χ1) is 14.6. The summed E-state index contributed by atoms with van der Waals surface area (Å²) in [5.74, 6) is 0.0158. The Hall–Kier alpha value is -2.67. The number of carbonyl (C=O) groups excluding carboxylic acids is 1. The predicted molar refractivity (Wildman–Crippen MR) is 114 cm³/mol. The number of amides is 1. The molecule has 1 saturated heterocycles. The maximum Gasteiger partial charge on any atom is 0.261 e. The number of rotatable bonds is 7. The van der Waals surface area contributed by atoms with Gasteiger partial charge in [0.1, 0.15) is 5.75 Å². The number of hydrogen-bond donors (Lipinski definition) is 2. The lowest BCUT2D eigenvalue weighted by Crippen LogP contribution is -2.40. The molecule has 12 heteroatoms. The number of sulfonamides is 2. The van der Waals surface area contributed by atoms with E-state index in [0.717, 1.165) is 0 Å². The van der Waals surface area contributed by atoms with E-state index in [4.69, 9.17) is 9.47 Å². The number of ether oxygens (including phenoxy) is 2. The maximum atomic E-state index is 12.9. The fraction of sp³-hybridized carbons (Fsp3) is 0.316. The van der Waals surface area contributed by atoms with Crippen molar-refractivity contribution in [2.45, 2.75) is 16.7 Å². The highest BCUT2D eigenvalue weighted by Crippen LogP contribution is 2.29. The SMILES string of the molecule is COc1ccc(NC(C)=O)c(NS(=O)(=O)c2ccc(S(=O)(=O)N3CCOCC3)cc2)c1. The van der Waals surface area contributed by atoms with Gasteiger partial charge < -0.3 is 14.8 Å². The largest absolute Gasteiger partial charge is 0.497 e. The summed E-state index contributed by atoms with van der Waals surface area (Å²) in [4.78, 5) is 11.3. The van der Waals surface area contributed by atoms with E-state index in [1.54, 1.807) is 6.07 Å². The minimum atomic E-state index is -4.07. The topological polar surface area (TPSA) is 131 Å². The number of methoxy groups -OCH3 is 1. The van der Waals surface area contributed by atoms with Crippen LogP contribution in [0.1, 0.15) is 6.92 Å². The van der Waals surface area contributed by atoms with Gasteiger partial charge in [0, 0.05) is 26.1 Å². The second-order valence-corrected chi connectivity index (χ2v) is 10.3. The number of nitrogens with zero attached hydrogens (tertiary/aromatic N) is 1. The number of hydrogen-bond acceptors (Lipinski definition) is 7. The number of nitrogens with one attached hydrogen (secondary N) is 2. The number of benzene rings is 2. The molecule has 2 aromatic carbocycles. The molecule has 10 nitrogen and oxygen atoms in total. The van der Waals surface area contributed by atoms with Gasteiger partial charge in [-0.1, -0.05) is 0 Å². The van der Waals surface area contributed by atoms with Crippen molar-refractivity contribution in [2.24, 2.45) is 0 Å². The van der Waals surface area contributed by atoms with Crippen LogP contribution in [0.15, 0.2) is 52.3 Å². The molecule has 3 rings (SSSR count). The lowest BCUT2D eigenvalue weighted by atomic mass is 10.2. The summed E-state index contributed by atoms with van der Waals surface area (Å²) in [6.07, 6.45) is 0. The van der Waals surface area contributed by atoms with Crippen LogP contribution in [0.25, 0.3) is 0 Å². The van der Waals surface area contributed by atoms with Crippen LogP contribution in [0, 0.1) is 0 Å². The molecule has 0 aliphatic carbocycles. The molecule has 0 spiro atoms. The molecule has 2 N–H and O–H groups in total. The summed E-state index contributed by atoms with van der Waals surface area (Å²) in [6, 6.07) is 9.45. The van der Waals surface area contributed by atoms with Gasteiger partial charge in [-0.15, -0.1) is 0 Å². The van der Waals surface area contributed by atoms with Crippen LogP contribution in [0.5, 0.6) is 5.75 Å². The molecule has 0 bridgehead atoms. The molecule has 0 atom stereocenters. The lowest BCUT2D eigenvalue weighted by Gasteiger charge is -2.26. The van der Waals surface area contributed by atoms with Crippen molar-refractivity contribution in [1.29, 1.82) is 0 Å². The Labute approximate surface area is 181 Å². The first-order valence-corrected chi connectivity index (χ1v) is 12.2. The van der Waals surface area contributed by atoms with Gasteiger partial charge in [0.05, 0.1) is 41.5 Å². The molecule has 0 aromatic heterocycles. The van der Waals surface area contributed by atoms with Gasteiger partial charge in [0.2, 0.25) is 15.9 Å². The van der Waals surface area contributed by atoms with Crippen molar-refractivity contribution in [3.05, 3.63) is 42.5 Å². The third kappa shape index (κ3) is 5.34. The number of anilines is 2. The predicted octanol–water partition coefficient (Wildman–Crippen LogP) is 1.48. The lowest BCUT2D eigenvalue weighted by molar-refractivity contribution is -0.114. The van der Waals surface area contributed by atoms with E-state index in [9.17, 15) is 21.6 Å². The summed E-state index contributed by atoms with van der Waals surface area (Å²) in [5, 5.41) is 2.55. The Morgan fingerprint density at radius 1 is 0.968 bits per heavy atom. The third-order valence-electron chi connectivity index (χ3n) is 4.52. The molecule has 2 aromatic rings. The Bertz CT molecular complexity index is 1160. The molecule has 1 aliphatic rings.